The number of rotatable bonds is 7. The third-order valence-corrected chi connectivity index (χ3v) is 4.17. The summed E-state index contributed by atoms with van der Waals surface area (Å²) >= 11 is 0. The van der Waals surface area contributed by atoms with E-state index in [0.29, 0.717) is 25.1 Å². The second kappa shape index (κ2) is 8.40. The number of nitrogens with zero attached hydrogens (tertiary/aromatic N) is 4. The molecule has 3 aromatic rings. The van der Waals surface area contributed by atoms with Crippen LogP contribution in [0.5, 0.6) is 0 Å². The van der Waals surface area contributed by atoms with Crippen molar-refractivity contribution in [3.05, 3.63) is 72.3 Å². The minimum absolute atomic E-state index is 0.0481. The van der Waals surface area contributed by atoms with Crippen LogP contribution >= 0.6 is 0 Å². The fourth-order valence-corrected chi connectivity index (χ4v) is 2.78. The summed E-state index contributed by atoms with van der Waals surface area (Å²) in [5.74, 6) is -0.0481. The zero-order valence-electron chi connectivity index (χ0n) is 14.7. The largest absolute Gasteiger partial charge is 0.396 e. The summed E-state index contributed by atoms with van der Waals surface area (Å²) in [6, 6.07) is 11.3. The van der Waals surface area contributed by atoms with Gasteiger partial charge in [-0.25, -0.2) is 0 Å². The van der Waals surface area contributed by atoms with Crippen molar-refractivity contribution >= 4 is 5.91 Å². The molecule has 1 amide bonds. The van der Waals surface area contributed by atoms with E-state index in [2.05, 4.69) is 10.1 Å². The molecule has 0 saturated carbocycles. The van der Waals surface area contributed by atoms with Gasteiger partial charge in [0.25, 0.3) is 5.91 Å². The summed E-state index contributed by atoms with van der Waals surface area (Å²) in [5, 5.41) is 13.3. The Bertz CT molecular complexity index is 844. The smallest absolute Gasteiger partial charge is 0.254 e. The van der Waals surface area contributed by atoms with Crippen LogP contribution in [0.4, 0.5) is 0 Å². The van der Waals surface area contributed by atoms with Crippen molar-refractivity contribution in [3.8, 4) is 11.1 Å². The fourth-order valence-electron chi connectivity index (χ4n) is 2.78. The maximum atomic E-state index is 12.9. The number of aromatic nitrogens is 3. The van der Waals surface area contributed by atoms with Crippen LogP contribution in [-0.4, -0.2) is 43.8 Å². The fraction of sp³-hybridized carbons (Fsp3) is 0.250. The number of amides is 1. The number of pyridine rings is 1. The number of hydrogen-bond donors (Lipinski definition) is 1. The van der Waals surface area contributed by atoms with Crippen molar-refractivity contribution in [2.45, 2.75) is 13.0 Å². The molecule has 2 aromatic heterocycles. The lowest BCUT2D eigenvalue weighted by atomic mass is 10.1. The van der Waals surface area contributed by atoms with Crippen LogP contribution in [0.25, 0.3) is 11.1 Å². The van der Waals surface area contributed by atoms with E-state index in [4.69, 9.17) is 5.11 Å². The number of aliphatic hydroxyl groups excluding tert-OH is 1. The van der Waals surface area contributed by atoms with Crippen LogP contribution in [0.1, 0.15) is 22.3 Å². The van der Waals surface area contributed by atoms with E-state index in [1.165, 1.54) is 0 Å². The molecule has 134 valence electrons. The number of carbonyl (C=O) groups excluding carboxylic acids is 1. The highest BCUT2D eigenvalue weighted by Crippen LogP contribution is 2.20. The monoisotopic (exact) mass is 350 g/mol. The second-order valence-electron chi connectivity index (χ2n) is 6.14. The molecule has 0 aliphatic heterocycles. The molecule has 1 N–H and O–H groups in total. The molecule has 2 heterocycles. The van der Waals surface area contributed by atoms with Crippen LogP contribution in [0.2, 0.25) is 0 Å². The SMILES string of the molecule is Cn1cc(-c2ccc(C(=O)N(CCCO)Cc3ccncc3)cc2)cn1. The van der Waals surface area contributed by atoms with Gasteiger partial charge >= 0.3 is 0 Å². The van der Waals surface area contributed by atoms with Crippen molar-refractivity contribution in [3.63, 3.8) is 0 Å². The zero-order chi connectivity index (χ0) is 18.4. The Labute approximate surface area is 152 Å². The molecule has 1 aromatic carbocycles. The van der Waals surface area contributed by atoms with Crippen LogP contribution in [0.15, 0.2) is 61.2 Å². The molecule has 0 spiro atoms. The summed E-state index contributed by atoms with van der Waals surface area (Å²) in [4.78, 5) is 18.7. The third-order valence-electron chi connectivity index (χ3n) is 4.17. The van der Waals surface area contributed by atoms with Gasteiger partial charge in [0.05, 0.1) is 6.20 Å². The molecule has 0 unspecified atom stereocenters. The number of hydrogen-bond acceptors (Lipinski definition) is 4. The summed E-state index contributed by atoms with van der Waals surface area (Å²) in [6.07, 6.45) is 7.71. The quantitative estimate of drug-likeness (QED) is 0.711. The summed E-state index contributed by atoms with van der Waals surface area (Å²) in [6.45, 7) is 1.05. The van der Waals surface area contributed by atoms with Crippen LogP contribution in [0, 0.1) is 0 Å². The first-order valence-corrected chi connectivity index (χ1v) is 8.55. The Morgan fingerprint density at radius 2 is 1.85 bits per heavy atom. The molecule has 6 nitrogen and oxygen atoms in total. The molecule has 0 bridgehead atoms. The van der Waals surface area contributed by atoms with Gasteiger partial charge in [-0.1, -0.05) is 12.1 Å². The van der Waals surface area contributed by atoms with E-state index < -0.39 is 0 Å². The molecular weight excluding hydrogens is 328 g/mol. The molecule has 0 aliphatic rings. The summed E-state index contributed by atoms with van der Waals surface area (Å²) in [7, 11) is 1.87. The van der Waals surface area contributed by atoms with Gasteiger partial charge in [0.15, 0.2) is 0 Å². The highest BCUT2D eigenvalue weighted by atomic mass is 16.3. The van der Waals surface area contributed by atoms with Crippen molar-refractivity contribution in [2.24, 2.45) is 7.05 Å². The number of aliphatic hydroxyl groups is 1. The van der Waals surface area contributed by atoms with E-state index in [0.717, 1.165) is 16.7 Å². The third kappa shape index (κ3) is 4.34. The van der Waals surface area contributed by atoms with E-state index >= 15 is 0 Å². The molecule has 0 saturated heterocycles. The molecule has 0 fully saturated rings. The van der Waals surface area contributed by atoms with Crippen molar-refractivity contribution < 1.29 is 9.90 Å². The van der Waals surface area contributed by atoms with Gasteiger partial charge < -0.3 is 10.0 Å². The Hall–Kier alpha value is -2.99. The molecular formula is C20H22N4O2. The van der Waals surface area contributed by atoms with Gasteiger partial charge in [0.1, 0.15) is 0 Å². The van der Waals surface area contributed by atoms with Gasteiger partial charge in [0, 0.05) is 56.5 Å². The number of carbonyl (C=O) groups is 1. The standard InChI is InChI=1S/C20H22N4O2/c1-23-15-19(13-22-23)17-3-5-18(6-4-17)20(26)24(11-2-12-25)14-16-7-9-21-10-8-16/h3-10,13,15,25H,2,11-12,14H2,1H3. The second-order valence-corrected chi connectivity index (χ2v) is 6.14. The number of benzene rings is 1. The Kier molecular flexibility index (Phi) is 5.76. The molecule has 0 radical (unpaired) electrons. The van der Waals surface area contributed by atoms with Gasteiger partial charge in [-0.05, 0) is 41.8 Å². The van der Waals surface area contributed by atoms with Gasteiger partial charge in [-0.3, -0.25) is 14.5 Å². The van der Waals surface area contributed by atoms with Gasteiger partial charge in [-0.15, -0.1) is 0 Å². The van der Waals surface area contributed by atoms with Crippen LogP contribution in [-0.2, 0) is 13.6 Å². The Morgan fingerprint density at radius 3 is 2.46 bits per heavy atom. The zero-order valence-corrected chi connectivity index (χ0v) is 14.7. The van der Waals surface area contributed by atoms with Crippen LogP contribution in [0.3, 0.4) is 0 Å². The van der Waals surface area contributed by atoms with E-state index in [1.807, 2.05) is 49.6 Å². The van der Waals surface area contributed by atoms with Gasteiger partial charge in [0.2, 0.25) is 0 Å². The average molecular weight is 350 g/mol. The highest BCUT2D eigenvalue weighted by molar-refractivity contribution is 5.94. The molecule has 0 atom stereocenters. The van der Waals surface area contributed by atoms with E-state index in [-0.39, 0.29) is 12.5 Å². The minimum Gasteiger partial charge on any atom is -0.396 e. The van der Waals surface area contributed by atoms with Crippen LogP contribution < -0.4 is 0 Å². The predicted octanol–water partition coefficient (Wildman–Crippen LogP) is 2.51. The predicted molar refractivity (Wildman–Crippen MR) is 99.3 cm³/mol. The summed E-state index contributed by atoms with van der Waals surface area (Å²) in [5.41, 5.74) is 3.68. The first kappa shape index (κ1) is 17.8. The molecule has 3 rings (SSSR count). The van der Waals surface area contributed by atoms with Gasteiger partial charge in [-0.2, -0.15) is 5.10 Å². The highest BCUT2D eigenvalue weighted by Gasteiger charge is 2.16. The Morgan fingerprint density at radius 1 is 1.12 bits per heavy atom. The molecule has 26 heavy (non-hydrogen) atoms. The van der Waals surface area contributed by atoms with Crippen molar-refractivity contribution in [1.29, 1.82) is 0 Å². The average Bonchev–Trinajstić information content (AvgIpc) is 3.12. The van der Waals surface area contributed by atoms with Crippen molar-refractivity contribution in [2.75, 3.05) is 13.2 Å². The lowest BCUT2D eigenvalue weighted by molar-refractivity contribution is 0.0732. The maximum Gasteiger partial charge on any atom is 0.254 e. The number of aryl methyl sites for hydroxylation is 1. The van der Waals surface area contributed by atoms with E-state index in [9.17, 15) is 4.79 Å². The first-order chi connectivity index (χ1) is 12.7. The normalized spacial score (nSPS) is 10.7. The van der Waals surface area contributed by atoms with E-state index in [1.54, 1.807) is 28.2 Å². The molecule has 0 aliphatic carbocycles. The maximum absolute atomic E-state index is 12.9. The topological polar surface area (TPSA) is 71.2 Å². The summed E-state index contributed by atoms with van der Waals surface area (Å²) < 4.78 is 1.75. The first-order valence-electron chi connectivity index (χ1n) is 8.55. The molecule has 6 heteroatoms. The lowest BCUT2D eigenvalue weighted by Gasteiger charge is -2.22. The van der Waals surface area contributed by atoms with Crippen molar-refractivity contribution in [1.82, 2.24) is 19.7 Å². The Balaban J connectivity index is 1.77. The minimum atomic E-state index is -0.0481. The lowest BCUT2D eigenvalue weighted by Crippen LogP contribution is -2.32.